The minimum atomic E-state index is -1.08. The molecule has 0 radical (unpaired) electrons. The van der Waals surface area contributed by atoms with Crippen LogP contribution in [-0.4, -0.2) is 23.5 Å². The van der Waals surface area contributed by atoms with Crippen molar-refractivity contribution < 1.29 is 71.2 Å². The Morgan fingerprint density at radius 3 is 1.65 bits per heavy atom. The summed E-state index contributed by atoms with van der Waals surface area (Å²) in [6.07, 6.45) is 10.1. The van der Waals surface area contributed by atoms with Crippen LogP contribution >= 0.6 is 0 Å². The predicted molar refractivity (Wildman–Crippen MR) is 72.5 cm³/mol. The molecule has 0 atom stereocenters. The molecule has 0 saturated carbocycles. The van der Waals surface area contributed by atoms with E-state index in [4.69, 9.17) is 5.11 Å². The molecule has 0 bridgehead atoms. The summed E-state index contributed by atoms with van der Waals surface area (Å²) in [6, 6.07) is 0. The number of ketones is 1. The third-order valence-electron chi connectivity index (χ3n) is 3.20. The molecule has 0 rings (SSSR count). The molecule has 0 fully saturated rings. The molecule has 0 unspecified atom stereocenters. The van der Waals surface area contributed by atoms with Gasteiger partial charge in [-0.2, -0.15) is 0 Å². The van der Waals surface area contributed by atoms with E-state index in [0.717, 1.165) is 32.1 Å². The zero-order valence-electron chi connectivity index (χ0n) is 12.9. The third kappa shape index (κ3) is 18.7. The largest absolute Gasteiger partial charge is 1.00 e. The van der Waals surface area contributed by atoms with Crippen LogP contribution in [0.15, 0.2) is 0 Å². The summed E-state index contributed by atoms with van der Waals surface area (Å²) in [6.45, 7) is 0.292. The van der Waals surface area contributed by atoms with Crippen molar-refractivity contribution in [3.05, 3.63) is 0 Å². The van der Waals surface area contributed by atoms with Crippen molar-refractivity contribution in [1.82, 2.24) is 0 Å². The van der Waals surface area contributed by atoms with E-state index in [-0.39, 0.29) is 63.6 Å². The minimum absolute atomic E-state index is 0. The molecule has 0 aliphatic rings. The third-order valence-corrected chi connectivity index (χ3v) is 3.20. The average Bonchev–Trinajstić information content (AvgIpc) is 2.36. The van der Waals surface area contributed by atoms with Gasteiger partial charge in [-0.15, -0.1) is 0 Å². The van der Waals surface area contributed by atoms with E-state index in [1.807, 2.05) is 0 Å². The smallest absolute Gasteiger partial charge is 0.550 e. The van der Waals surface area contributed by atoms with Crippen molar-refractivity contribution in [2.24, 2.45) is 0 Å². The molecule has 0 aliphatic carbocycles. The van der Waals surface area contributed by atoms with Gasteiger partial charge in [0.15, 0.2) is 0 Å². The first kappa shape index (κ1) is 23.0. The van der Waals surface area contributed by atoms with Gasteiger partial charge in [0.1, 0.15) is 5.78 Å². The van der Waals surface area contributed by atoms with Crippen molar-refractivity contribution in [2.75, 3.05) is 6.61 Å². The molecule has 0 amide bonds. The molecule has 5 heteroatoms. The summed E-state index contributed by atoms with van der Waals surface area (Å²) in [5.41, 5.74) is 0. The van der Waals surface area contributed by atoms with Gasteiger partial charge in [-0.3, -0.25) is 4.79 Å². The number of Topliss-reactive ketones (excluding diaryl/α,β-unsaturated/α-hetero) is 1. The summed E-state index contributed by atoms with van der Waals surface area (Å²) in [5.74, 6) is -0.904. The van der Waals surface area contributed by atoms with Crippen LogP contribution in [0.2, 0.25) is 0 Å². The van der Waals surface area contributed by atoms with Gasteiger partial charge in [0.25, 0.3) is 0 Å². The molecular formula is C15H27KO4. The quantitative estimate of drug-likeness (QED) is 0.329. The summed E-state index contributed by atoms with van der Waals surface area (Å²) in [7, 11) is 0. The summed E-state index contributed by atoms with van der Waals surface area (Å²) in [4.78, 5) is 21.6. The molecule has 0 aromatic heterocycles. The second kappa shape index (κ2) is 17.8. The monoisotopic (exact) mass is 310 g/mol. The van der Waals surface area contributed by atoms with Crippen LogP contribution in [0.1, 0.15) is 77.0 Å². The van der Waals surface area contributed by atoms with Crippen molar-refractivity contribution in [3.8, 4) is 0 Å². The molecule has 0 aromatic carbocycles. The van der Waals surface area contributed by atoms with Crippen molar-refractivity contribution >= 4 is 11.8 Å². The second-order valence-corrected chi connectivity index (χ2v) is 5.07. The van der Waals surface area contributed by atoms with E-state index < -0.39 is 5.97 Å². The molecule has 0 aromatic rings. The maximum atomic E-state index is 11.4. The fraction of sp³-hybridized carbons (Fsp3) is 0.867. The van der Waals surface area contributed by atoms with Gasteiger partial charge in [-0.1, -0.05) is 38.5 Å². The number of rotatable bonds is 14. The number of unbranched alkanes of at least 4 members (excludes halogenated alkanes) is 7. The van der Waals surface area contributed by atoms with E-state index in [1.54, 1.807) is 0 Å². The molecule has 4 nitrogen and oxygen atoms in total. The molecule has 0 heterocycles. The number of hydrogen-bond acceptors (Lipinski definition) is 4. The van der Waals surface area contributed by atoms with E-state index in [0.29, 0.717) is 25.9 Å². The van der Waals surface area contributed by atoms with Crippen molar-refractivity contribution in [1.29, 1.82) is 0 Å². The number of carbonyl (C=O) groups excluding carboxylic acids is 2. The zero-order valence-corrected chi connectivity index (χ0v) is 16.0. The first-order chi connectivity index (χ1) is 9.16. The Labute approximate surface area is 165 Å². The molecular weight excluding hydrogens is 283 g/mol. The SMILES string of the molecule is O=C([O-])CCCC(=O)CCCCCCCCCCO.[K+]. The number of aliphatic hydroxyl groups excluding tert-OH is 1. The van der Waals surface area contributed by atoms with Gasteiger partial charge in [-0.25, -0.2) is 0 Å². The summed E-state index contributed by atoms with van der Waals surface area (Å²) >= 11 is 0. The second-order valence-electron chi connectivity index (χ2n) is 5.07. The van der Waals surface area contributed by atoms with Crippen LogP contribution in [0.5, 0.6) is 0 Å². The first-order valence-corrected chi connectivity index (χ1v) is 7.49. The van der Waals surface area contributed by atoms with Gasteiger partial charge < -0.3 is 15.0 Å². The Bertz CT molecular complexity index is 244. The molecule has 1 N–H and O–H groups in total. The zero-order chi connectivity index (χ0) is 14.3. The number of carboxylic acids is 1. The van der Waals surface area contributed by atoms with Crippen LogP contribution in [0.3, 0.4) is 0 Å². The molecule has 0 saturated heterocycles. The fourth-order valence-corrected chi connectivity index (χ4v) is 2.05. The van der Waals surface area contributed by atoms with E-state index in [2.05, 4.69) is 0 Å². The Balaban J connectivity index is 0. The minimum Gasteiger partial charge on any atom is -0.550 e. The molecule has 0 aliphatic heterocycles. The van der Waals surface area contributed by atoms with Gasteiger partial charge in [0.05, 0.1) is 0 Å². The Kier molecular flexibility index (Phi) is 20.5. The number of aliphatic carboxylic acids is 1. The fourth-order valence-electron chi connectivity index (χ4n) is 2.05. The van der Waals surface area contributed by atoms with E-state index in [9.17, 15) is 14.7 Å². The predicted octanol–water partition coefficient (Wildman–Crippen LogP) is -1.02. The van der Waals surface area contributed by atoms with Crippen LogP contribution in [0.25, 0.3) is 0 Å². The average molecular weight is 310 g/mol. The van der Waals surface area contributed by atoms with Crippen LogP contribution in [0, 0.1) is 0 Å². The standard InChI is InChI=1S/C15H28O4.K/c16-13-8-6-4-2-1-3-5-7-10-14(17)11-9-12-15(18)19;/h16H,1-13H2,(H,18,19);/q;+1/p-1. The molecule has 112 valence electrons. The Hall–Kier alpha value is 0.736. The van der Waals surface area contributed by atoms with Crippen molar-refractivity contribution in [3.63, 3.8) is 0 Å². The normalized spacial score (nSPS) is 10.1. The number of hydrogen-bond donors (Lipinski definition) is 1. The van der Waals surface area contributed by atoms with Crippen LogP contribution in [-0.2, 0) is 9.59 Å². The summed E-state index contributed by atoms with van der Waals surface area (Å²) < 4.78 is 0. The van der Waals surface area contributed by atoms with Gasteiger partial charge in [0.2, 0.25) is 0 Å². The van der Waals surface area contributed by atoms with Crippen LogP contribution in [0.4, 0.5) is 0 Å². The van der Waals surface area contributed by atoms with Gasteiger partial charge in [0, 0.05) is 25.4 Å². The van der Waals surface area contributed by atoms with Crippen LogP contribution < -0.4 is 56.5 Å². The van der Waals surface area contributed by atoms with E-state index in [1.165, 1.54) is 19.3 Å². The Morgan fingerprint density at radius 2 is 1.15 bits per heavy atom. The van der Waals surface area contributed by atoms with Gasteiger partial charge in [-0.05, 0) is 25.7 Å². The maximum Gasteiger partial charge on any atom is 1.00 e. The number of aliphatic hydroxyl groups is 1. The first-order valence-electron chi connectivity index (χ1n) is 7.49. The van der Waals surface area contributed by atoms with Crippen molar-refractivity contribution in [2.45, 2.75) is 77.0 Å². The maximum absolute atomic E-state index is 11.4. The molecule has 0 spiro atoms. The number of carboxylic acid groups (broad SMARTS) is 1. The van der Waals surface area contributed by atoms with Gasteiger partial charge >= 0.3 is 51.4 Å². The topological polar surface area (TPSA) is 77.4 Å². The number of carbonyl (C=O) groups is 2. The Morgan fingerprint density at radius 1 is 0.700 bits per heavy atom. The van der Waals surface area contributed by atoms with E-state index >= 15 is 0 Å². The molecule has 20 heavy (non-hydrogen) atoms. The summed E-state index contributed by atoms with van der Waals surface area (Å²) in [5, 5.41) is 18.8.